The molecule has 1 atom stereocenters. The number of benzene rings is 1. The van der Waals surface area contributed by atoms with Gasteiger partial charge in [-0.3, -0.25) is 4.89 Å². The zero-order valence-corrected chi connectivity index (χ0v) is 12.6. The molecule has 0 aliphatic heterocycles. The van der Waals surface area contributed by atoms with E-state index < -0.39 is 5.97 Å². The summed E-state index contributed by atoms with van der Waals surface area (Å²) in [4.78, 5) is 22.5. The van der Waals surface area contributed by atoms with Crippen molar-refractivity contribution >= 4 is 5.97 Å². The lowest BCUT2D eigenvalue weighted by Crippen LogP contribution is -2.21. The summed E-state index contributed by atoms with van der Waals surface area (Å²) in [6.07, 6.45) is 6.35. The van der Waals surface area contributed by atoms with Crippen LogP contribution in [-0.4, -0.2) is 5.97 Å². The standard InChI is InChI=1S/C17H23O3/c1-4-14-7-5-6-8-16(14)19-20-17(18)15-10-9-12(2)11-13(15)3/h9-11,14H,4-8H2,1-3H3. The fraction of sp³-hybridized carbons (Fsp3) is 0.529. The number of carbonyl (C=O) groups is 1. The van der Waals surface area contributed by atoms with E-state index in [1.807, 2.05) is 26.0 Å². The molecule has 0 amide bonds. The van der Waals surface area contributed by atoms with Crippen molar-refractivity contribution in [1.29, 1.82) is 0 Å². The highest BCUT2D eigenvalue weighted by atomic mass is 17.2. The molecule has 0 bridgehead atoms. The van der Waals surface area contributed by atoms with Gasteiger partial charge in [0.1, 0.15) is 0 Å². The maximum atomic E-state index is 12.1. The first kappa shape index (κ1) is 15.0. The van der Waals surface area contributed by atoms with Crippen molar-refractivity contribution in [2.45, 2.75) is 52.9 Å². The van der Waals surface area contributed by atoms with E-state index in [1.165, 1.54) is 6.42 Å². The molecule has 0 spiro atoms. The van der Waals surface area contributed by atoms with Crippen molar-refractivity contribution in [3.8, 4) is 0 Å². The van der Waals surface area contributed by atoms with Crippen LogP contribution in [0.4, 0.5) is 0 Å². The first-order valence-electron chi connectivity index (χ1n) is 7.43. The Kier molecular flexibility index (Phi) is 5.18. The number of rotatable bonds is 4. The molecule has 1 aromatic rings. The lowest BCUT2D eigenvalue weighted by Gasteiger charge is -2.27. The molecule has 109 valence electrons. The summed E-state index contributed by atoms with van der Waals surface area (Å²) in [5.74, 6) is 0.0195. The van der Waals surface area contributed by atoms with Crippen LogP contribution in [0.2, 0.25) is 0 Å². The zero-order chi connectivity index (χ0) is 14.5. The maximum Gasteiger partial charge on any atom is 0.373 e. The second kappa shape index (κ2) is 6.89. The van der Waals surface area contributed by atoms with Crippen LogP contribution in [-0.2, 0) is 9.78 Å². The first-order chi connectivity index (χ1) is 9.61. The second-order valence-electron chi connectivity index (χ2n) is 5.59. The molecule has 1 fully saturated rings. The van der Waals surface area contributed by atoms with Gasteiger partial charge in [0.05, 0.1) is 5.56 Å². The third-order valence-corrected chi connectivity index (χ3v) is 4.00. The fourth-order valence-electron chi connectivity index (χ4n) is 2.78. The Hall–Kier alpha value is -1.35. The molecule has 20 heavy (non-hydrogen) atoms. The summed E-state index contributed by atoms with van der Waals surface area (Å²) >= 11 is 0. The Morgan fingerprint density at radius 3 is 2.80 bits per heavy atom. The van der Waals surface area contributed by atoms with Gasteiger partial charge in [-0.15, -0.1) is 0 Å². The first-order valence-corrected chi connectivity index (χ1v) is 7.43. The van der Waals surface area contributed by atoms with Gasteiger partial charge < -0.3 is 0 Å². The zero-order valence-electron chi connectivity index (χ0n) is 12.6. The minimum Gasteiger partial charge on any atom is -0.292 e. The van der Waals surface area contributed by atoms with Gasteiger partial charge in [0.2, 0.25) is 0 Å². The van der Waals surface area contributed by atoms with E-state index in [9.17, 15) is 4.79 Å². The molecule has 0 heterocycles. The Morgan fingerprint density at radius 2 is 2.10 bits per heavy atom. The summed E-state index contributed by atoms with van der Waals surface area (Å²) < 4.78 is 0. The van der Waals surface area contributed by atoms with Gasteiger partial charge in [0.25, 0.3) is 0 Å². The van der Waals surface area contributed by atoms with Crippen LogP contribution in [0.5, 0.6) is 0 Å². The van der Waals surface area contributed by atoms with E-state index in [-0.39, 0.29) is 0 Å². The van der Waals surface area contributed by atoms with E-state index in [2.05, 4.69) is 6.92 Å². The SMILES string of the molecule is CCC1CCCC[C]1OOC(=O)c1ccc(C)cc1C. The molecule has 1 radical (unpaired) electrons. The monoisotopic (exact) mass is 275 g/mol. The molecule has 3 heteroatoms. The molecule has 0 aromatic heterocycles. The molecule has 0 saturated heterocycles. The van der Waals surface area contributed by atoms with Crippen LogP contribution in [0.3, 0.4) is 0 Å². The average Bonchev–Trinajstić information content (AvgIpc) is 2.45. The van der Waals surface area contributed by atoms with Gasteiger partial charge in [-0.25, -0.2) is 4.79 Å². The summed E-state index contributed by atoms with van der Waals surface area (Å²) in [6.45, 7) is 6.06. The fourth-order valence-corrected chi connectivity index (χ4v) is 2.78. The largest absolute Gasteiger partial charge is 0.373 e. The molecule has 1 unspecified atom stereocenters. The average molecular weight is 275 g/mol. The second-order valence-corrected chi connectivity index (χ2v) is 5.59. The van der Waals surface area contributed by atoms with Crippen molar-refractivity contribution in [2.24, 2.45) is 5.92 Å². The highest BCUT2D eigenvalue weighted by Crippen LogP contribution is 2.35. The van der Waals surface area contributed by atoms with Crippen LogP contribution >= 0.6 is 0 Å². The smallest absolute Gasteiger partial charge is 0.292 e. The minimum atomic E-state index is -0.407. The van der Waals surface area contributed by atoms with Crippen LogP contribution in [0.25, 0.3) is 0 Å². The molecular formula is C17H23O3. The van der Waals surface area contributed by atoms with Crippen LogP contribution in [0.15, 0.2) is 18.2 Å². The molecule has 3 nitrogen and oxygen atoms in total. The molecule has 1 saturated carbocycles. The Balaban J connectivity index is 1.94. The molecule has 1 aromatic carbocycles. The Bertz CT molecular complexity index is 467. The van der Waals surface area contributed by atoms with Crippen molar-refractivity contribution in [3.63, 3.8) is 0 Å². The number of carbonyl (C=O) groups excluding carboxylic acids is 1. The van der Waals surface area contributed by atoms with Crippen molar-refractivity contribution in [3.05, 3.63) is 41.0 Å². The highest BCUT2D eigenvalue weighted by Gasteiger charge is 2.28. The molecule has 0 N–H and O–H groups in total. The minimum absolute atomic E-state index is 0.407. The third kappa shape index (κ3) is 3.60. The van der Waals surface area contributed by atoms with Gasteiger partial charge in [-0.1, -0.05) is 43.9 Å². The van der Waals surface area contributed by atoms with E-state index in [4.69, 9.17) is 9.78 Å². The van der Waals surface area contributed by atoms with Gasteiger partial charge >= 0.3 is 5.97 Å². The van der Waals surface area contributed by atoms with Crippen LogP contribution < -0.4 is 0 Å². The van der Waals surface area contributed by atoms with E-state index in [1.54, 1.807) is 6.07 Å². The van der Waals surface area contributed by atoms with Crippen molar-refractivity contribution in [1.82, 2.24) is 0 Å². The third-order valence-electron chi connectivity index (χ3n) is 4.00. The lowest BCUT2D eigenvalue weighted by molar-refractivity contribution is -0.247. The molecular weight excluding hydrogens is 252 g/mol. The summed E-state index contributed by atoms with van der Waals surface area (Å²) in [7, 11) is 0. The summed E-state index contributed by atoms with van der Waals surface area (Å²) in [5.41, 5.74) is 2.62. The van der Waals surface area contributed by atoms with Gasteiger partial charge in [-0.05, 0) is 44.2 Å². The van der Waals surface area contributed by atoms with Gasteiger partial charge in [-0.2, -0.15) is 4.89 Å². The topological polar surface area (TPSA) is 35.5 Å². The van der Waals surface area contributed by atoms with Gasteiger partial charge in [0.15, 0.2) is 6.10 Å². The lowest BCUT2D eigenvalue weighted by atomic mass is 9.85. The molecule has 1 aliphatic rings. The van der Waals surface area contributed by atoms with Crippen LogP contribution in [0.1, 0.15) is 60.5 Å². The van der Waals surface area contributed by atoms with Crippen LogP contribution in [0, 0.1) is 25.9 Å². The maximum absolute atomic E-state index is 12.1. The predicted molar refractivity (Wildman–Crippen MR) is 77.9 cm³/mol. The number of hydrogen-bond donors (Lipinski definition) is 0. The number of aryl methyl sites for hydroxylation is 2. The molecule has 2 rings (SSSR count). The normalized spacial score (nSPS) is 19.9. The Morgan fingerprint density at radius 1 is 1.30 bits per heavy atom. The Labute approximate surface area is 121 Å². The molecule has 1 aliphatic carbocycles. The van der Waals surface area contributed by atoms with E-state index >= 15 is 0 Å². The predicted octanol–water partition coefficient (Wildman–Crippen LogP) is 4.52. The highest BCUT2D eigenvalue weighted by molar-refractivity contribution is 5.90. The number of hydrogen-bond acceptors (Lipinski definition) is 3. The quantitative estimate of drug-likeness (QED) is 0.598. The van der Waals surface area contributed by atoms with E-state index in [0.717, 1.165) is 42.9 Å². The van der Waals surface area contributed by atoms with Gasteiger partial charge in [0, 0.05) is 0 Å². The van der Waals surface area contributed by atoms with Crippen molar-refractivity contribution in [2.75, 3.05) is 0 Å². The van der Waals surface area contributed by atoms with Crippen molar-refractivity contribution < 1.29 is 14.6 Å². The van der Waals surface area contributed by atoms with E-state index in [0.29, 0.717) is 11.5 Å². The summed E-state index contributed by atoms with van der Waals surface area (Å²) in [5, 5.41) is 0. The summed E-state index contributed by atoms with van der Waals surface area (Å²) in [6, 6.07) is 5.67.